The van der Waals surface area contributed by atoms with E-state index in [4.69, 9.17) is 9.15 Å². The molecule has 42 heavy (non-hydrogen) atoms. The Morgan fingerprint density at radius 1 is 0.929 bits per heavy atom. The molecule has 2 heterocycles. The number of rotatable bonds is 8. The fourth-order valence-electron chi connectivity index (χ4n) is 4.48. The molecule has 0 aliphatic heterocycles. The molecule has 0 bridgehead atoms. The average molecular weight is 567 g/mol. The summed E-state index contributed by atoms with van der Waals surface area (Å²) in [5.41, 5.74) is 0.462. The van der Waals surface area contributed by atoms with Crippen molar-refractivity contribution < 1.29 is 23.5 Å². The van der Waals surface area contributed by atoms with Crippen LogP contribution in [0.2, 0.25) is 0 Å². The Kier molecular flexibility index (Phi) is 7.82. The molecule has 0 aliphatic carbocycles. The molecule has 0 fully saturated rings. The van der Waals surface area contributed by atoms with Crippen molar-refractivity contribution in [1.29, 1.82) is 0 Å². The highest BCUT2D eigenvalue weighted by atomic mass is 16.5. The Labute approximate surface area is 239 Å². The number of ether oxygens (including phenoxy) is 1. The number of benzene rings is 3. The van der Waals surface area contributed by atoms with Crippen molar-refractivity contribution in [3.05, 3.63) is 128 Å². The van der Waals surface area contributed by atoms with Crippen LogP contribution < -0.4 is 21.9 Å². The zero-order chi connectivity index (χ0) is 29.8. The fraction of sp³-hybridized carbons (Fsp3) is 0.129. The zero-order valence-electron chi connectivity index (χ0n) is 22.7. The van der Waals surface area contributed by atoms with Gasteiger partial charge in [0.15, 0.2) is 0 Å². The van der Waals surface area contributed by atoms with Crippen LogP contribution >= 0.6 is 0 Å². The normalized spacial score (nSPS) is 10.8. The minimum absolute atomic E-state index is 0.0930. The van der Waals surface area contributed by atoms with Gasteiger partial charge in [-0.2, -0.15) is 0 Å². The summed E-state index contributed by atoms with van der Waals surface area (Å²) in [7, 11) is 1.23. The van der Waals surface area contributed by atoms with Gasteiger partial charge in [-0.15, -0.1) is 0 Å². The smallest absolute Gasteiger partial charge is 0.339 e. The number of carbonyl (C=O) groups is 3. The number of nitrogens with one attached hydrogen (secondary N) is 2. The van der Waals surface area contributed by atoms with E-state index in [-0.39, 0.29) is 34.3 Å². The summed E-state index contributed by atoms with van der Waals surface area (Å²) < 4.78 is 12.1. The number of anilines is 1. The van der Waals surface area contributed by atoms with E-state index in [2.05, 4.69) is 10.6 Å². The van der Waals surface area contributed by atoms with Crippen molar-refractivity contribution in [3.8, 4) is 5.69 Å². The molecular formula is C31H26N4O7. The van der Waals surface area contributed by atoms with Crippen molar-refractivity contribution in [2.75, 3.05) is 12.4 Å². The molecule has 2 aromatic heterocycles. The number of methoxy groups -OCH3 is 1. The number of aromatic nitrogens is 2. The first-order valence-electron chi connectivity index (χ1n) is 12.9. The molecule has 0 atom stereocenters. The van der Waals surface area contributed by atoms with Gasteiger partial charge in [-0.05, 0) is 61.5 Å². The second-order valence-corrected chi connectivity index (χ2v) is 9.42. The number of hydrogen-bond acceptors (Lipinski definition) is 7. The summed E-state index contributed by atoms with van der Waals surface area (Å²) >= 11 is 0. The Balaban J connectivity index is 1.58. The van der Waals surface area contributed by atoms with Crippen LogP contribution in [0.15, 0.2) is 99.1 Å². The summed E-state index contributed by atoms with van der Waals surface area (Å²) in [4.78, 5) is 65.8. The molecule has 11 heteroatoms. The zero-order valence-corrected chi connectivity index (χ0v) is 22.7. The fourth-order valence-corrected chi connectivity index (χ4v) is 4.48. The van der Waals surface area contributed by atoms with Gasteiger partial charge in [0.05, 0.1) is 47.8 Å². The maximum atomic E-state index is 13.8. The third-order valence-corrected chi connectivity index (χ3v) is 6.61. The largest absolute Gasteiger partial charge is 0.467 e. The molecule has 0 spiro atoms. The molecule has 3 aromatic carbocycles. The number of aryl methyl sites for hydroxylation is 1. The van der Waals surface area contributed by atoms with Crippen molar-refractivity contribution in [1.82, 2.24) is 14.5 Å². The molecule has 5 rings (SSSR count). The summed E-state index contributed by atoms with van der Waals surface area (Å²) in [6.45, 7) is 1.49. The van der Waals surface area contributed by atoms with Gasteiger partial charge in [0, 0.05) is 5.56 Å². The molecule has 0 saturated carbocycles. The molecule has 212 valence electrons. The highest BCUT2D eigenvalue weighted by Crippen LogP contribution is 2.18. The van der Waals surface area contributed by atoms with Crippen molar-refractivity contribution in [3.63, 3.8) is 0 Å². The second-order valence-electron chi connectivity index (χ2n) is 9.42. The SMILES string of the molecule is COC(=O)c1ccccc1NC(=O)Cn1c(=O)n(-c2ccc(C)cc2)c(=O)c2ccc(C(=O)NCc3ccco3)cc21. The second kappa shape index (κ2) is 11.8. The quantitative estimate of drug-likeness (QED) is 0.274. The van der Waals surface area contributed by atoms with Crippen LogP contribution in [0, 0.1) is 6.92 Å². The van der Waals surface area contributed by atoms with E-state index < -0.39 is 35.6 Å². The van der Waals surface area contributed by atoms with Crippen LogP contribution in [0.5, 0.6) is 0 Å². The van der Waals surface area contributed by atoms with E-state index in [0.29, 0.717) is 11.4 Å². The van der Waals surface area contributed by atoms with Gasteiger partial charge < -0.3 is 19.8 Å². The van der Waals surface area contributed by atoms with Crippen molar-refractivity contribution in [2.24, 2.45) is 0 Å². The van der Waals surface area contributed by atoms with Gasteiger partial charge in [-0.1, -0.05) is 29.8 Å². The molecule has 0 radical (unpaired) electrons. The van der Waals surface area contributed by atoms with E-state index in [0.717, 1.165) is 14.7 Å². The van der Waals surface area contributed by atoms with Crippen molar-refractivity contribution >= 4 is 34.4 Å². The van der Waals surface area contributed by atoms with Gasteiger partial charge >= 0.3 is 11.7 Å². The number of amides is 2. The average Bonchev–Trinajstić information content (AvgIpc) is 3.52. The van der Waals surface area contributed by atoms with Crippen LogP contribution in [-0.4, -0.2) is 34.0 Å². The van der Waals surface area contributed by atoms with Crippen LogP contribution in [0.3, 0.4) is 0 Å². The van der Waals surface area contributed by atoms with E-state index in [1.54, 1.807) is 48.5 Å². The maximum absolute atomic E-state index is 13.8. The van der Waals surface area contributed by atoms with Gasteiger partial charge in [-0.25, -0.2) is 14.2 Å². The van der Waals surface area contributed by atoms with E-state index in [1.807, 2.05) is 6.92 Å². The molecule has 0 saturated heterocycles. The van der Waals surface area contributed by atoms with E-state index >= 15 is 0 Å². The topological polar surface area (TPSA) is 142 Å². The van der Waals surface area contributed by atoms with E-state index in [9.17, 15) is 24.0 Å². The highest BCUT2D eigenvalue weighted by Gasteiger charge is 2.20. The highest BCUT2D eigenvalue weighted by molar-refractivity contribution is 6.02. The standard InChI is InChI=1S/C31H26N4O7/c1-19-9-12-21(13-10-19)35-29(38)24-14-11-20(28(37)32-17-22-6-5-15-42-22)16-26(24)34(31(35)40)18-27(36)33-25-8-4-3-7-23(25)30(39)41-2/h3-16H,17-18H2,1-2H3,(H,32,37)(H,33,36). The minimum atomic E-state index is -0.777. The Morgan fingerprint density at radius 2 is 1.69 bits per heavy atom. The van der Waals surface area contributed by atoms with Crippen molar-refractivity contribution in [2.45, 2.75) is 20.0 Å². The van der Waals surface area contributed by atoms with Crippen LogP contribution in [0.1, 0.15) is 32.0 Å². The van der Waals surface area contributed by atoms with Gasteiger partial charge in [0.1, 0.15) is 12.3 Å². The number of para-hydroxylation sites is 1. The first kappa shape index (κ1) is 27.8. The lowest BCUT2D eigenvalue weighted by molar-refractivity contribution is -0.116. The summed E-state index contributed by atoms with van der Waals surface area (Å²) in [6, 6.07) is 20.8. The summed E-state index contributed by atoms with van der Waals surface area (Å²) in [6.07, 6.45) is 1.49. The van der Waals surface area contributed by atoms with Crippen LogP contribution in [0.25, 0.3) is 16.6 Å². The van der Waals surface area contributed by atoms with Gasteiger partial charge in [-0.3, -0.25) is 19.0 Å². The summed E-state index contributed by atoms with van der Waals surface area (Å²) in [5, 5.41) is 5.50. The Bertz CT molecular complexity index is 1920. The number of fused-ring (bicyclic) bond motifs is 1. The number of carbonyl (C=O) groups excluding carboxylic acids is 3. The Hall–Kier alpha value is -5.71. The molecule has 0 unspecified atom stereocenters. The minimum Gasteiger partial charge on any atom is -0.467 e. The lowest BCUT2D eigenvalue weighted by Crippen LogP contribution is -2.41. The molecule has 2 N–H and O–H groups in total. The molecule has 2 amide bonds. The van der Waals surface area contributed by atoms with Crippen LogP contribution in [-0.2, 0) is 22.6 Å². The van der Waals surface area contributed by atoms with E-state index in [1.165, 1.54) is 43.7 Å². The third kappa shape index (κ3) is 5.61. The number of nitrogens with zero attached hydrogens (tertiary/aromatic N) is 2. The monoisotopic (exact) mass is 566 g/mol. The Morgan fingerprint density at radius 3 is 2.40 bits per heavy atom. The molecule has 11 nitrogen and oxygen atoms in total. The first-order valence-corrected chi connectivity index (χ1v) is 12.9. The van der Waals surface area contributed by atoms with Gasteiger partial charge in [0.2, 0.25) is 5.91 Å². The lowest BCUT2D eigenvalue weighted by atomic mass is 10.1. The number of furan rings is 1. The lowest BCUT2D eigenvalue weighted by Gasteiger charge is -2.16. The maximum Gasteiger partial charge on any atom is 0.339 e. The molecule has 5 aromatic rings. The predicted octanol–water partition coefficient (Wildman–Crippen LogP) is 3.41. The predicted molar refractivity (Wildman–Crippen MR) is 155 cm³/mol. The first-order chi connectivity index (χ1) is 20.3. The number of esters is 1. The molecular weight excluding hydrogens is 540 g/mol. The van der Waals surface area contributed by atoms with Gasteiger partial charge in [0.25, 0.3) is 11.5 Å². The third-order valence-electron chi connectivity index (χ3n) is 6.61. The van der Waals surface area contributed by atoms with Crippen LogP contribution in [0.4, 0.5) is 5.69 Å². The number of hydrogen-bond donors (Lipinski definition) is 2. The molecule has 0 aliphatic rings. The summed E-state index contributed by atoms with van der Waals surface area (Å²) in [5.74, 6) is -1.21.